The molecule has 0 saturated heterocycles. The molecule has 0 fully saturated rings. The zero-order valence-corrected chi connectivity index (χ0v) is 12.1. The summed E-state index contributed by atoms with van der Waals surface area (Å²) in [6.45, 7) is 3.76. The highest BCUT2D eigenvalue weighted by molar-refractivity contribution is 5.66. The van der Waals surface area contributed by atoms with Crippen LogP contribution in [0.4, 0.5) is 0 Å². The van der Waals surface area contributed by atoms with Crippen molar-refractivity contribution in [1.29, 1.82) is 0 Å². The molecule has 0 aromatic heterocycles. The van der Waals surface area contributed by atoms with Gasteiger partial charge in [0.05, 0.1) is 6.10 Å². The van der Waals surface area contributed by atoms with Crippen molar-refractivity contribution in [3.63, 3.8) is 0 Å². The predicted molar refractivity (Wildman–Crippen MR) is 74.5 cm³/mol. The summed E-state index contributed by atoms with van der Waals surface area (Å²) in [5.41, 5.74) is 0. The first-order chi connectivity index (χ1) is 8.66. The summed E-state index contributed by atoms with van der Waals surface area (Å²) in [6.07, 6.45) is 12.0. The van der Waals surface area contributed by atoms with Crippen molar-refractivity contribution in [2.24, 2.45) is 0 Å². The van der Waals surface area contributed by atoms with E-state index in [1.807, 2.05) is 6.92 Å². The summed E-state index contributed by atoms with van der Waals surface area (Å²) >= 11 is 0. The van der Waals surface area contributed by atoms with E-state index >= 15 is 0 Å². The molecule has 0 saturated carbocycles. The standard InChI is InChI=1S/C15H30O3/c1-14(18-15(2)17)12-10-8-6-4-3-5-7-9-11-13-16/h14,16H,3-13H2,1-2H3. The molecular formula is C15H30O3. The van der Waals surface area contributed by atoms with Gasteiger partial charge in [-0.25, -0.2) is 0 Å². The maximum atomic E-state index is 10.7. The molecule has 0 aromatic carbocycles. The number of aliphatic hydroxyl groups is 1. The summed E-state index contributed by atoms with van der Waals surface area (Å²) in [4.78, 5) is 10.7. The van der Waals surface area contributed by atoms with Crippen LogP contribution in [0.15, 0.2) is 0 Å². The van der Waals surface area contributed by atoms with E-state index in [0.29, 0.717) is 6.61 Å². The summed E-state index contributed by atoms with van der Waals surface area (Å²) in [5.74, 6) is -0.176. The number of esters is 1. The molecule has 1 N–H and O–H groups in total. The molecule has 0 aliphatic heterocycles. The van der Waals surface area contributed by atoms with Crippen LogP contribution >= 0.6 is 0 Å². The first-order valence-electron chi connectivity index (χ1n) is 7.45. The monoisotopic (exact) mass is 258 g/mol. The van der Waals surface area contributed by atoms with Gasteiger partial charge in [-0.3, -0.25) is 4.79 Å². The molecule has 1 unspecified atom stereocenters. The molecule has 0 aliphatic rings. The SMILES string of the molecule is CC(=O)OC(C)CCCCCCCCCCCO. The van der Waals surface area contributed by atoms with Gasteiger partial charge < -0.3 is 9.84 Å². The Bertz CT molecular complexity index is 192. The molecule has 0 rings (SSSR count). The summed E-state index contributed by atoms with van der Waals surface area (Å²) in [6, 6.07) is 0. The van der Waals surface area contributed by atoms with Crippen molar-refractivity contribution in [2.75, 3.05) is 6.61 Å². The lowest BCUT2D eigenvalue weighted by Gasteiger charge is -2.11. The second kappa shape index (κ2) is 12.9. The number of carbonyl (C=O) groups is 1. The van der Waals surface area contributed by atoms with Crippen molar-refractivity contribution >= 4 is 5.97 Å². The molecular weight excluding hydrogens is 228 g/mol. The Morgan fingerprint density at radius 2 is 1.39 bits per heavy atom. The van der Waals surface area contributed by atoms with Gasteiger partial charge in [0.25, 0.3) is 0 Å². The fraction of sp³-hybridized carbons (Fsp3) is 0.933. The molecule has 3 heteroatoms. The van der Waals surface area contributed by atoms with Crippen molar-refractivity contribution < 1.29 is 14.6 Å². The van der Waals surface area contributed by atoms with E-state index < -0.39 is 0 Å². The Kier molecular flexibility index (Phi) is 12.5. The summed E-state index contributed by atoms with van der Waals surface area (Å²) in [7, 11) is 0. The molecule has 0 radical (unpaired) electrons. The number of hydrogen-bond donors (Lipinski definition) is 1. The average Bonchev–Trinajstić information content (AvgIpc) is 2.30. The molecule has 3 nitrogen and oxygen atoms in total. The van der Waals surface area contributed by atoms with Gasteiger partial charge in [-0.15, -0.1) is 0 Å². The van der Waals surface area contributed by atoms with Crippen LogP contribution in [-0.2, 0) is 9.53 Å². The highest BCUT2D eigenvalue weighted by atomic mass is 16.5. The smallest absolute Gasteiger partial charge is 0.302 e. The first kappa shape index (κ1) is 17.4. The third kappa shape index (κ3) is 13.5. The third-order valence-corrected chi connectivity index (χ3v) is 3.14. The Labute approximate surface area is 112 Å². The largest absolute Gasteiger partial charge is 0.463 e. The Balaban J connectivity index is 3.09. The van der Waals surface area contributed by atoms with Gasteiger partial charge >= 0.3 is 5.97 Å². The van der Waals surface area contributed by atoms with Gasteiger partial charge in [0.1, 0.15) is 0 Å². The Hall–Kier alpha value is -0.570. The number of hydrogen-bond acceptors (Lipinski definition) is 3. The van der Waals surface area contributed by atoms with Gasteiger partial charge in [0.15, 0.2) is 0 Å². The van der Waals surface area contributed by atoms with E-state index in [1.54, 1.807) is 0 Å². The van der Waals surface area contributed by atoms with Gasteiger partial charge in [0.2, 0.25) is 0 Å². The lowest BCUT2D eigenvalue weighted by atomic mass is 10.1. The number of unbranched alkanes of at least 4 members (excludes halogenated alkanes) is 8. The zero-order valence-electron chi connectivity index (χ0n) is 12.1. The van der Waals surface area contributed by atoms with E-state index in [9.17, 15) is 4.79 Å². The minimum absolute atomic E-state index is 0.0704. The maximum absolute atomic E-state index is 10.7. The zero-order chi connectivity index (χ0) is 13.6. The number of aliphatic hydroxyl groups excluding tert-OH is 1. The van der Waals surface area contributed by atoms with E-state index in [0.717, 1.165) is 25.7 Å². The predicted octanol–water partition coefficient (Wildman–Crippen LogP) is 3.83. The normalized spacial score (nSPS) is 12.4. The van der Waals surface area contributed by atoms with E-state index in [-0.39, 0.29) is 12.1 Å². The van der Waals surface area contributed by atoms with E-state index in [2.05, 4.69) is 0 Å². The van der Waals surface area contributed by atoms with Crippen LogP contribution in [-0.4, -0.2) is 23.8 Å². The number of ether oxygens (including phenoxy) is 1. The van der Waals surface area contributed by atoms with Crippen LogP contribution in [0.25, 0.3) is 0 Å². The van der Waals surface area contributed by atoms with Crippen LogP contribution < -0.4 is 0 Å². The van der Waals surface area contributed by atoms with Crippen LogP contribution in [0.5, 0.6) is 0 Å². The van der Waals surface area contributed by atoms with Crippen molar-refractivity contribution in [2.45, 2.75) is 84.2 Å². The second-order valence-corrected chi connectivity index (χ2v) is 5.11. The van der Waals surface area contributed by atoms with Crippen molar-refractivity contribution in [3.05, 3.63) is 0 Å². The average molecular weight is 258 g/mol. The minimum Gasteiger partial charge on any atom is -0.463 e. The third-order valence-electron chi connectivity index (χ3n) is 3.14. The Morgan fingerprint density at radius 3 is 1.83 bits per heavy atom. The highest BCUT2D eigenvalue weighted by Gasteiger charge is 2.04. The van der Waals surface area contributed by atoms with Crippen molar-refractivity contribution in [3.8, 4) is 0 Å². The van der Waals surface area contributed by atoms with E-state index in [4.69, 9.17) is 9.84 Å². The fourth-order valence-electron chi connectivity index (χ4n) is 2.12. The highest BCUT2D eigenvalue weighted by Crippen LogP contribution is 2.12. The van der Waals surface area contributed by atoms with Crippen LogP contribution in [0, 0.1) is 0 Å². The van der Waals surface area contributed by atoms with E-state index in [1.165, 1.54) is 45.4 Å². The lowest BCUT2D eigenvalue weighted by Crippen LogP contribution is -2.11. The lowest BCUT2D eigenvalue weighted by molar-refractivity contribution is -0.145. The molecule has 0 amide bonds. The second-order valence-electron chi connectivity index (χ2n) is 5.11. The minimum atomic E-state index is -0.176. The number of rotatable bonds is 12. The van der Waals surface area contributed by atoms with Gasteiger partial charge in [-0.05, 0) is 26.2 Å². The maximum Gasteiger partial charge on any atom is 0.302 e. The molecule has 0 bridgehead atoms. The number of carbonyl (C=O) groups excluding carboxylic acids is 1. The van der Waals surface area contributed by atoms with Crippen molar-refractivity contribution in [1.82, 2.24) is 0 Å². The molecule has 0 spiro atoms. The fourth-order valence-corrected chi connectivity index (χ4v) is 2.12. The molecule has 0 heterocycles. The van der Waals surface area contributed by atoms with Crippen LogP contribution in [0.3, 0.4) is 0 Å². The van der Waals surface area contributed by atoms with Gasteiger partial charge in [0, 0.05) is 13.5 Å². The molecule has 0 aliphatic carbocycles. The summed E-state index contributed by atoms with van der Waals surface area (Å²) in [5, 5.41) is 8.63. The van der Waals surface area contributed by atoms with Crippen LogP contribution in [0.2, 0.25) is 0 Å². The summed E-state index contributed by atoms with van der Waals surface area (Å²) < 4.78 is 5.07. The molecule has 18 heavy (non-hydrogen) atoms. The van der Waals surface area contributed by atoms with Gasteiger partial charge in [-0.1, -0.05) is 44.9 Å². The molecule has 0 aromatic rings. The molecule has 108 valence electrons. The van der Waals surface area contributed by atoms with Gasteiger partial charge in [-0.2, -0.15) is 0 Å². The quantitative estimate of drug-likeness (QED) is 0.427. The molecule has 1 atom stereocenters. The first-order valence-corrected chi connectivity index (χ1v) is 7.45. The Morgan fingerprint density at radius 1 is 0.944 bits per heavy atom. The van der Waals surface area contributed by atoms with Crippen LogP contribution in [0.1, 0.15) is 78.1 Å². The topological polar surface area (TPSA) is 46.5 Å².